The van der Waals surface area contributed by atoms with E-state index in [1.165, 1.54) is 0 Å². The van der Waals surface area contributed by atoms with Crippen LogP contribution in [0.5, 0.6) is 0 Å². The van der Waals surface area contributed by atoms with E-state index < -0.39 is 5.60 Å². The van der Waals surface area contributed by atoms with Crippen molar-refractivity contribution in [3.8, 4) is 0 Å². The molecule has 136 valence electrons. The Bertz CT molecular complexity index is 1190. The summed E-state index contributed by atoms with van der Waals surface area (Å²) in [4.78, 5) is 12.9. The minimum Gasteiger partial charge on any atom is -0.380 e. The second-order valence-electron chi connectivity index (χ2n) is 7.26. The van der Waals surface area contributed by atoms with Crippen LogP contribution in [-0.4, -0.2) is 10.9 Å². The summed E-state index contributed by atoms with van der Waals surface area (Å²) in [5, 5.41) is 14.6. The lowest BCUT2D eigenvalue weighted by atomic mass is 9.71. The molecule has 3 heteroatoms. The Balaban J connectivity index is 1.72. The highest BCUT2D eigenvalue weighted by atomic mass is 35.5. The molecule has 0 fully saturated rings. The molecule has 0 atom stereocenters. The quantitative estimate of drug-likeness (QED) is 0.494. The van der Waals surface area contributed by atoms with Crippen LogP contribution >= 0.6 is 11.6 Å². The zero-order valence-corrected chi connectivity index (χ0v) is 15.8. The predicted octanol–water partition coefficient (Wildman–Crippen LogP) is 5.52. The molecular formula is C25H17ClO2. The van der Waals surface area contributed by atoms with Gasteiger partial charge in [-0.3, -0.25) is 4.79 Å². The molecule has 2 nitrogen and oxygen atoms in total. The maximum atomic E-state index is 12.9. The molecule has 0 aliphatic heterocycles. The molecule has 0 saturated carbocycles. The number of aliphatic hydroxyl groups is 1. The number of ketones is 1. The van der Waals surface area contributed by atoms with Gasteiger partial charge >= 0.3 is 0 Å². The van der Waals surface area contributed by atoms with Crippen LogP contribution in [0.2, 0.25) is 5.02 Å². The fourth-order valence-corrected chi connectivity index (χ4v) is 4.60. The zero-order chi connectivity index (χ0) is 19.3. The fourth-order valence-electron chi connectivity index (χ4n) is 4.28. The molecule has 0 spiro atoms. The van der Waals surface area contributed by atoms with Gasteiger partial charge in [0, 0.05) is 28.0 Å². The molecule has 5 rings (SSSR count). The first-order chi connectivity index (χ1) is 13.6. The Morgan fingerprint density at radius 2 is 1.36 bits per heavy atom. The lowest BCUT2D eigenvalue weighted by molar-refractivity contribution is 0.0721. The third-order valence-corrected chi connectivity index (χ3v) is 5.88. The fraction of sp³-hybridized carbons (Fsp3) is 0.0800. The topological polar surface area (TPSA) is 37.3 Å². The normalized spacial score (nSPS) is 14.6. The van der Waals surface area contributed by atoms with E-state index in [1.54, 1.807) is 12.1 Å². The van der Waals surface area contributed by atoms with Crippen LogP contribution < -0.4 is 0 Å². The second kappa shape index (κ2) is 6.30. The molecule has 0 amide bonds. The molecule has 0 radical (unpaired) electrons. The van der Waals surface area contributed by atoms with E-state index in [0.29, 0.717) is 33.7 Å². The standard InChI is InChI=1S/C25H17ClO2/c26-23-14-16(13-17-7-1-2-8-18(17)23)15-25(28)21-11-5-3-9-19(21)24(27)20-10-4-6-12-22(20)25/h1-14,28H,15H2. The number of carbonyl (C=O) groups is 1. The van der Waals surface area contributed by atoms with E-state index in [1.807, 2.05) is 66.7 Å². The molecule has 0 bridgehead atoms. The number of fused-ring (bicyclic) bond motifs is 3. The monoisotopic (exact) mass is 384 g/mol. The van der Waals surface area contributed by atoms with Gasteiger partial charge in [0.2, 0.25) is 0 Å². The van der Waals surface area contributed by atoms with Crippen LogP contribution in [0.3, 0.4) is 0 Å². The van der Waals surface area contributed by atoms with E-state index in [9.17, 15) is 9.90 Å². The van der Waals surface area contributed by atoms with Crippen LogP contribution in [-0.2, 0) is 12.0 Å². The number of hydrogen-bond acceptors (Lipinski definition) is 2. The van der Waals surface area contributed by atoms with Crippen molar-refractivity contribution in [1.29, 1.82) is 0 Å². The van der Waals surface area contributed by atoms with Gasteiger partial charge in [-0.05, 0) is 28.1 Å². The van der Waals surface area contributed by atoms with Crippen molar-refractivity contribution in [2.75, 3.05) is 0 Å². The maximum Gasteiger partial charge on any atom is 0.193 e. The number of halogens is 1. The Labute approximate surface area is 168 Å². The summed E-state index contributed by atoms with van der Waals surface area (Å²) in [6, 6.07) is 26.5. The van der Waals surface area contributed by atoms with Crippen molar-refractivity contribution in [1.82, 2.24) is 0 Å². The van der Waals surface area contributed by atoms with E-state index >= 15 is 0 Å². The van der Waals surface area contributed by atoms with E-state index in [-0.39, 0.29) is 5.78 Å². The van der Waals surface area contributed by atoms with Gasteiger partial charge in [0.15, 0.2) is 5.78 Å². The van der Waals surface area contributed by atoms with Crippen LogP contribution in [0.4, 0.5) is 0 Å². The van der Waals surface area contributed by atoms with Crippen molar-refractivity contribution >= 4 is 28.2 Å². The Morgan fingerprint density at radius 1 is 0.786 bits per heavy atom. The van der Waals surface area contributed by atoms with Gasteiger partial charge in [-0.1, -0.05) is 90.5 Å². The van der Waals surface area contributed by atoms with E-state index in [2.05, 4.69) is 6.07 Å². The molecule has 0 aromatic heterocycles. The van der Waals surface area contributed by atoms with Gasteiger partial charge in [-0.15, -0.1) is 0 Å². The highest BCUT2D eigenvalue weighted by Crippen LogP contribution is 2.42. The second-order valence-corrected chi connectivity index (χ2v) is 7.66. The van der Waals surface area contributed by atoms with Gasteiger partial charge in [-0.25, -0.2) is 0 Å². The number of rotatable bonds is 2. The summed E-state index contributed by atoms with van der Waals surface area (Å²) >= 11 is 6.51. The van der Waals surface area contributed by atoms with Crippen LogP contribution in [0, 0.1) is 0 Å². The van der Waals surface area contributed by atoms with Crippen molar-refractivity contribution in [2.45, 2.75) is 12.0 Å². The molecule has 0 saturated heterocycles. The molecule has 4 aromatic rings. The summed E-state index contributed by atoms with van der Waals surface area (Å²) in [5.74, 6) is -0.0487. The smallest absolute Gasteiger partial charge is 0.193 e. The molecule has 1 aliphatic carbocycles. The minimum absolute atomic E-state index is 0.0487. The van der Waals surface area contributed by atoms with Crippen molar-refractivity contribution < 1.29 is 9.90 Å². The van der Waals surface area contributed by atoms with E-state index in [0.717, 1.165) is 16.3 Å². The largest absolute Gasteiger partial charge is 0.380 e. The molecule has 1 N–H and O–H groups in total. The predicted molar refractivity (Wildman–Crippen MR) is 112 cm³/mol. The minimum atomic E-state index is -1.30. The van der Waals surface area contributed by atoms with Crippen LogP contribution in [0.1, 0.15) is 32.6 Å². The summed E-state index contributed by atoms with van der Waals surface area (Å²) in [5.41, 5.74) is 2.01. The maximum absolute atomic E-state index is 12.9. The number of benzene rings is 4. The summed E-state index contributed by atoms with van der Waals surface area (Å²) in [7, 11) is 0. The summed E-state index contributed by atoms with van der Waals surface area (Å²) in [6.07, 6.45) is 0.332. The van der Waals surface area contributed by atoms with Gasteiger partial charge in [-0.2, -0.15) is 0 Å². The number of carbonyl (C=O) groups excluding carboxylic acids is 1. The highest BCUT2D eigenvalue weighted by molar-refractivity contribution is 6.35. The Morgan fingerprint density at radius 3 is 2.04 bits per heavy atom. The molecule has 0 heterocycles. The first-order valence-corrected chi connectivity index (χ1v) is 9.59. The average Bonchev–Trinajstić information content (AvgIpc) is 2.72. The Kier molecular flexibility index (Phi) is 3.87. The van der Waals surface area contributed by atoms with Crippen molar-refractivity contribution in [3.05, 3.63) is 118 Å². The summed E-state index contributed by atoms with van der Waals surface area (Å²) < 4.78 is 0. The highest BCUT2D eigenvalue weighted by Gasteiger charge is 2.41. The third-order valence-electron chi connectivity index (χ3n) is 5.57. The molecular weight excluding hydrogens is 368 g/mol. The molecule has 0 unspecified atom stereocenters. The number of hydrogen-bond donors (Lipinski definition) is 1. The lowest BCUT2D eigenvalue weighted by Crippen LogP contribution is -2.37. The van der Waals surface area contributed by atoms with Crippen molar-refractivity contribution in [2.24, 2.45) is 0 Å². The average molecular weight is 385 g/mol. The van der Waals surface area contributed by atoms with Gasteiger partial charge in [0.1, 0.15) is 5.60 Å². The van der Waals surface area contributed by atoms with Crippen LogP contribution in [0.25, 0.3) is 10.8 Å². The first-order valence-electron chi connectivity index (χ1n) is 9.21. The van der Waals surface area contributed by atoms with Gasteiger partial charge < -0.3 is 5.11 Å². The zero-order valence-electron chi connectivity index (χ0n) is 15.0. The third kappa shape index (κ3) is 2.50. The first kappa shape index (κ1) is 17.2. The molecule has 28 heavy (non-hydrogen) atoms. The van der Waals surface area contributed by atoms with E-state index in [4.69, 9.17) is 11.6 Å². The SMILES string of the molecule is O=C1c2ccccc2C(O)(Cc2cc(Cl)c3ccccc3c2)c2ccccc21. The molecule has 1 aliphatic rings. The Hall–Kier alpha value is -2.94. The van der Waals surface area contributed by atoms with Crippen molar-refractivity contribution in [3.63, 3.8) is 0 Å². The van der Waals surface area contributed by atoms with Gasteiger partial charge in [0.25, 0.3) is 0 Å². The molecule has 4 aromatic carbocycles. The van der Waals surface area contributed by atoms with Crippen LogP contribution in [0.15, 0.2) is 84.9 Å². The summed E-state index contributed by atoms with van der Waals surface area (Å²) in [6.45, 7) is 0. The lowest BCUT2D eigenvalue weighted by Gasteiger charge is -2.36. The van der Waals surface area contributed by atoms with Gasteiger partial charge in [0.05, 0.1) is 0 Å².